The summed E-state index contributed by atoms with van der Waals surface area (Å²) >= 11 is 0. The Morgan fingerprint density at radius 2 is 1.78 bits per heavy atom. The maximum atomic E-state index is 12.6. The van der Waals surface area contributed by atoms with Crippen molar-refractivity contribution in [2.24, 2.45) is 0 Å². The summed E-state index contributed by atoms with van der Waals surface area (Å²) in [4.78, 5) is 12.6. The number of carbonyl (C=O) groups excluding carboxylic acids is 1. The maximum absolute atomic E-state index is 12.6. The minimum absolute atomic E-state index is 0.0854. The lowest BCUT2D eigenvalue weighted by Gasteiger charge is -2.20. The number of benzene rings is 2. The van der Waals surface area contributed by atoms with E-state index >= 15 is 0 Å². The third-order valence-corrected chi connectivity index (χ3v) is 5.63. The smallest absolute Gasteiger partial charge is 0.287 e. The molecule has 0 aliphatic heterocycles. The lowest BCUT2D eigenvalue weighted by molar-refractivity contribution is 0.0924. The standard InChI is InChI=1S/C27H33NO4/c1-18-10-11-21(27(2,3)4)16-20(18)17-22-12-13-24(32-22)26(29)28-15-14-19-8-7-9-23(30-5)25(19)31-6/h7-13,16H,14-15,17H2,1-6H3,(H,28,29). The van der Waals surface area contributed by atoms with Crippen LogP contribution in [0.5, 0.6) is 11.5 Å². The molecule has 1 aromatic heterocycles. The van der Waals surface area contributed by atoms with E-state index in [-0.39, 0.29) is 11.3 Å². The molecule has 1 amide bonds. The molecule has 3 aromatic rings. The number of hydrogen-bond donors (Lipinski definition) is 1. The number of aryl methyl sites for hydroxylation is 1. The van der Waals surface area contributed by atoms with Crippen LogP contribution in [-0.4, -0.2) is 26.7 Å². The molecule has 0 fully saturated rings. The van der Waals surface area contributed by atoms with Crippen LogP contribution in [0.25, 0.3) is 0 Å². The summed E-state index contributed by atoms with van der Waals surface area (Å²) in [6.07, 6.45) is 1.28. The van der Waals surface area contributed by atoms with Gasteiger partial charge in [-0.25, -0.2) is 0 Å². The van der Waals surface area contributed by atoms with Crippen LogP contribution in [-0.2, 0) is 18.3 Å². The topological polar surface area (TPSA) is 60.7 Å². The summed E-state index contributed by atoms with van der Waals surface area (Å²) in [6, 6.07) is 15.9. The van der Waals surface area contributed by atoms with Crippen molar-refractivity contribution < 1.29 is 18.7 Å². The van der Waals surface area contributed by atoms with Crippen molar-refractivity contribution >= 4 is 5.91 Å². The molecule has 0 bridgehead atoms. The van der Waals surface area contributed by atoms with Gasteiger partial charge in [0, 0.05) is 13.0 Å². The van der Waals surface area contributed by atoms with Gasteiger partial charge in [-0.05, 0) is 59.2 Å². The molecule has 0 aliphatic carbocycles. The average Bonchev–Trinajstić information content (AvgIpc) is 3.22. The zero-order valence-corrected chi connectivity index (χ0v) is 19.9. The Morgan fingerprint density at radius 1 is 1.00 bits per heavy atom. The number of rotatable bonds is 8. The second kappa shape index (κ2) is 9.94. The van der Waals surface area contributed by atoms with Gasteiger partial charge in [-0.1, -0.05) is 51.1 Å². The monoisotopic (exact) mass is 435 g/mol. The van der Waals surface area contributed by atoms with Gasteiger partial charge in [0.2, 0.25) is 0 Å². The van der Waals surface area contributed by atoms with Gasteiger partial charge >= 0.3 is 0 Å². The highest BCUT2D eigenvalue weighted by atomic mass is 16.5. The highest BCUT2D eigenvalue weighted by molar-refractivity contribution is 5.91. The van der Waals surface area contributed by atoms with Crippen LogP contribution >= 0.6 is 0 Å². The van der Waals surface area contributed by atoms with E-state index in [0.717, 1.165) is 11.3 Å². The maximum Gasteiger partial charge on any atom is 0.287 e. The molecule has 0 atom stereocenters. The van der Waals surface area contributed by atoms with Gasteiger partial charge in [0.15, 0.2) is 17.3 Å². The van der Waals surface area contributed by atoms with Gasteiger partial charge in [0.05, 0.1) is 14.2 Å². The third kappa shape index (κ3) is 5.52. The average molecular weight is 436 g/mol. The Labute approximate surface area is 190 Å². The van der Waals surface area contributed by atoms with E-state index in [4.69, 9.17) is 13.9 Å². The van der Waals surface area contributed by atoms with Gasteiger partial charge in [-0.2, -0.15) is 0 Å². The number of ether oxygens (including phenoxy) is 2. The largest absolute Gasteiger partial charge is 0.493 e. The fourth-order valence-electron chi connectivity index (χ4n) is 3.66. The molecule has 1 heterocycles. The normalized spacial score (nSPS) is 11.3. The summed E-state index contributed by atoms with van der Waals surface area (Å²) < 4.78 is 16.6. The summed E-state index contributed by atoms with van der Waals surface area (Å²) in [5.41, 5.74) is 4.77. The Kier molecular flexibility index (Phi) is 7.29. The van der Waals surface area contributed by atoms with E-state index in [1.165, 1.54) is 16.7 Å². The van der Waals surface area contributed by atoms with Crippen LogP contribution < -0.4 is 14.8 Å². The second-order valence-electron chi connectivity index (χ2n) is 8.99. The molecule has 2 aromatic carbocycles. The van der Waals surface area contributed by atoms with Gasteiger partial charge in [0.1, 0.15) is 5.76 Å². The highest BCUT2D eigenvalue weighted by Crippen LogP contribution is 2.31. The number of nitrogens with one attached hydrogen (secondary N) is 1. The van der Waals surface area contributed by atoms with E-state index < -0.39 is 0 Å². The first kappa shape index (κ1) is 23.5. The number of para-hydroxylation sites is 1. The lowest BCUT2D eigenvalue weighted by atomic mass is 9.85. The number of carbonyl (C=O) groups is 1. The second-order valence-corrected chi connectivity index (χ2v) is 8.99. The zero-order chi connectivity index (χ0) is 23.3. The van der Waals surface area contributed by atoms with Crippen LogP contribution in [0.2, 0.25) is 0 Å². The Balaban J connectivity index is 1.62. The van der Waals surface area contributed by atoms with Gasteiger partial charge in [-0.15, -0.1) is 0 Å². The van der Waals surface area contributed by atoms with Crippen LogP contribution in [0.1, 0.15) is 59.3 Å². The van der Waals surface area contributed by atoms with Gasteiger partial charge in [-0.3, -0.25) is 4.79 Å². The predicted molar refractivity (Wildman–Crippen MR) is 127 cm³/mol. The van der Waals surface area contributed by atoms with E-state index in [9.17, 15) is 4.79 Å². The zero-order valence-electron chi connectivity index (χ0n) is 19.9. The minimum Gasteiger partial charge on any atom is -0.493 e. The van der Waals surface area contributed by atoms with Gasteiger partial charge < -0.3 is 19.2 Å². The highest BCUT2D eigenvalue weighted by Gasteiger charge is 2.17. The summed E-state index contributed by atoms with van der Waals surface area (Å²) in [5, 5.41) is 2.92. The van der Waals surface area contributed by atoms with Crippen molar-refractivity contribution in [2.45, 2.75) is 46.0 Å². The first-order valence-electron chi connectivity index (χ1n) is 10.9. The quantitative estimate of drug-likeness (QED) is 0.510. The number of furan rings is 1. The van der Waals surface area contributed by atoms with E-state index in [1.807, 2.05) is 24.3 Å². The molecule has 32 heavy (non-hydrogen) atoms. The summed E-state index contributed by atoms with van der Waals surface area (Å²) in [6.45, 7) is 9.18. The molecule has 5 heteroatoms. The van der Waals surface area contributed by atoms with E-state index in [2.05, 4.69) is 51.2 Å². The molecule has 0 unspecified atom stereocenters. The minimum atomic E-state index is -0.224. The van der Waals surface area contributed by atoms with Crippen molar-refractivity contribution in [1.82, 2.24) is 5.32 Å². The van der Waals surface area contributed by atoms with E-state index in [1.54, 1.807) is 20.3 Å². The van der Waals surface area contributed by atoms with Crippen LogP contribution in [0, 0.1) is 6.92 Å². The van der Waals surface area contributed by atoms with Crippen molar-refractivity contribution in [3.8, 4) is 11.5 Å². The third-order valence-electron chi connectivity index (χ3n) is 5.63. The summed E-state index contributed by atoms with van der Waals surface area (Å²) in [7, 11) is 3.22. The van der Waals surface area contributed by atoms with Crippen LogP contribution in [0.4, 0.5) is 0 Å². The summed E-state index contributed by atoms with van der Waals surface area (Å²) in [5.74, 6) is 2.24. The Hall–Kier alpha value is -3.21. The Bertz CT molecular complexity index is 1080. The first-order valence-corrected chi connectivity index (χ1v) is 10.9. The molecule has 0 aliphatic rings. The SMILES string of the molecule is COc1cccc(CCNC(=O)c2ccc(Cc3cc(C(C)(C)C)ccc3C)o2)c1OC. The van der Waals surface area contributed by atoms with Crippen molar-refractivity contribution in [1.29, 1.82) is 0 Å². The number of hydrogen-bond acceptors (Lipinski definition) is 4. The van der Waals surface area contributed by atoms with Gasteiger partial charge in [0.25, 0.3) is 5.91 Å². The molecular formula is C27H33NO4. The molecular weight excluding hydrogens is 402 g/mol. The first-order chi connectivity index (χ1) is 15.2. The van der Waals surface area contributed by atoms with Crippen molar-refractivity contribution in [3.05, 3.63) is 82.3 Å². The lowest BCUT2D eigenvalue weighted by Crippen LogP contribution is -2.25. The molecule has 0 spiro atoms. The van der Waals surface area contributed by atoms with Crippen LogP contribution in [0.3, 0.4) is 0 Å². The number of methoxy groups -OCH3 is 2. The van der Waals surface area contributed by atoms with Crippen molar-refractivity contribution in [2.75, 3.05) is 20.8 Å². The predicted octanol–water partition coefficient (Wildman–Crippen LogP) is 5.47. The fraction of sp³-hybridized carbons (Fsp3) is 0.370. The fourth-order valence-corrected chi connectivity index (χ4v) is 3.66. The molecule has 5 nitrogen and oxygen atoms in total. The molecule has 0 radical (unpaired) electrons. The van der Waals surface area contributed by atoms with E-state index in [0.29, 0.717) is 36.6 Å². The molecule has 170 valence electrons. The number of amides is 1. The van der Waals surface area contributed by atoms with Crippen LogP contribution in [0.15, 0.2) is 52.9 Å². The Morgan fingerprint density at radius 3 is 2.47 bits per heavy atom. The molecule has 1 N–H and O–H groups in total. The molecule has 0 saturated heterocycles. The van der Waals surface area contributed by atoms with Crippen molar-refractivity contribution in [3.63, 3.8) is 0 Å². The molecule has 3 rings (SSSR count). The molecule has 0 saturated carbocycles.